The molecule has 7 heteroatoms. The molecule has 2 aromatic heterocycles. The summed E-state index contributed by atoms with van der Waals surface area (Å²) in [7, 11) is 0. The van der Waals surface area contributed by atoms with Crippen LogP contribution in [0.1, 0.15) is 19.8 Å². The molecule has 1 saturated heterocycles. The second-order valence-electron chi connectivity index (χ2n) is 4.36. The standard InChI is InChI=1S/C11H16N6O/c1-2-18-9-5-7-16(8-6-9)11-4-3-10-12-14-15-17(10)13-11/h3-4,9H,2,5-8H2,1H3. The molecular formula is C11H16N6O. The summed E-state index contributed by atoms with van der Waals surface area (Å²) >= 11 is 0. The number of rotatable bonds is 3. The number of aromatic nitrogens is 5. The lowest BCUT2D eigenvalue weighted by atomic mass is 10.1. The van der Waals surface area contributed by atoms with Gasteiger partial charge in [0.1, 0.15) is 0 Å². The minimum atomic E-state index is 0.392. The second-order valence-corrected chi connectivity index (χ2v) is 4.36. The van der Waals surface area contributed by atoms with Crippen molar-refractivity contribution < 1.29 is 4.74 Å². The van der Waals surface area contributed by atoms with Crippen LogP contribution < -0.4 is 4.90 Å². The molecular weight excluding hydrogens is 232 g/mol. The van der Waals surface area contributed by atoms with Crippen LogP contribution in [0.5, 0.6) is 0 Å². The van der Waals surface area contributed by atoms with Crippen molar-refractivity contribution in [3.8, 4) is 0 Å². The molecule has 1 fully saturated rings. The van der Waals surface area contributed by atoms with Crippen LogP contribution in [-0.4, -0.2) is 51.1 Å². The predicted octanol–water partition coefficient (Wildman–Crippen LogP) is 0.525. The largest absolute Gasteiger partial charge is 0.378 e. The molecule has 2 aromatic rings. The maximum atomic E-state index is 5.64. The van der Waals surface area contributed by atoms with Crippen molar-refractivity contribution in [3.63, 3.8) is 0 Å². The van der Waals surface area contributed by atoms with E-state index in [-0.39, 0.29) is 0 Å². The van der Waals surface area contributed by atoms with Gasteiger partial charge in [0.25, 0.3) is 0 Å². The zero-order valence-corrected chi connectivity index (χ0v) is 10.4. The Kier molecular flexibility index (Phi) is 3.06. The Hall–Kier alpha value is -1.76. The highest BCUT2D eigenvalue weighted by atomic mass is 16.5. The van der Waals surface area contributed by atoms with Crippen LogP contribution >= 0.6 is 0 Å². The Morgan fingerprint density at radius 3 is 2.94 bits per heavy atom. The van der Waals surface area contributed by atoms with Gasteiger partial charge in [-0.15, -0.1) is 14.8 Å². The first-order chi connectivity index (χ1) is 8.86. The predicted molar refractivity (Wildman–Crippen MR) is 65.4 cm³/mol. The zero-order chi connectivity index (χ0) is 12.4. The van der Waals surface area contributed by atoms with Gasteiger partial charge < -0.3 is 9.64 Å². The number of piperidine rings is 1. The van der Waals surface area contributed by atoms with Crippen LogP contribution in [-0.2, 0) is 4.74 Å². The van der Waals surface area contributed by atoms with E-state index in [1.807, 2.05) is 19.1 Å². The van der Waals surface area contributed by atoms with Crippen molar-refractivity contribution in [2.75, 3.05) is 24.6 Å². The van der Waals surface area contributed by atoms with E-state index >= 15 is 0 Å². The lowest BCUT2D eigenvalue weighted by Crippen LogP contribution is -2.37. The van der Waals surface area contributed by atoms with E-state index in [4.69, 9.17) is 4.74 Å². The van der Waals surface area contributed by atoms with Crippen LogP contribution in [0.4, 0.5) is 5.82 Å². The third-order valence-electron chi connectivity index (χ3n) is 3.22. The quantitative estimate of drug-likeness (QED) is 0.789. The summed E-state index contributed by atoms with van der Waals surface area (Å²) in [6.45, 7) is 4.76. The smallest absolute Gasteiger partial charge is 0.200 e. The highest BCUT2D eigenvalue weighted by Crippen LogP contribution is 2.19. The number of hydrogen-bond donors (Lipinski definition) is 0. The molecule has 0 spiro atoms. The topological polar surface area (TPSA) is 68.4 Å². The zero-order valence-electron chi connectivity index (χ0n) is 10.4. The van der Waals surface area contributed by atoms with Gasteiger partial charge in [-0.2, -0.15) is 0 Å². The summed E-state index contributed by atoms with van der Waals surface area (Å²) in [4.78, 5) is 2.25. The van der Waals surface area contributed by atoms with E-state index in [0.29, 0.717) is 11.8 Å². The third-order valence-corrected chi connectivity index (χ3v) is 3.22. The van der Waals surface area contributed by atoms with Crippen molar-refractivity contribution in [1.82, 2.24) is 25.3 Å². The summed E-state index contributed by atoms with van der Waals surface area (Å²) in [6, 6.07) is 3.85. The average Bonchev–Trinajstić information content (AvgIpc) is 2.87. The molecule has 96 valence electrons. The van der Waals surface area contributed by atoms with E-state index in [2.05, 4.69) is 25.5 Å². The van der Waals surface area contributed by atoms with Gasteiger partial charge in [-0.3, -0.25) is 0 Å². The van der Waals surface area contributed by atoms with E-state index in [0.717, 1.165) is 38.4 Å². The first-order valence-corrected chi connectivity index (χ1v) is 6.29. The fourth-order valence-corrected chi connectivity index (χ4v) is 2.30. The lowest BCUT2D eigenvalue weighted by Gasteiger charge is -2.32. The van der Waals surface area contributed by atoms with Crippen LogP contribution in [0, 0.1) is 0 Å². The number of nitrogens with zero attached hydrogens (tertiary/aromatic N) is 6. The monoisotopic (exact) mass is 248 g/mol. The maximum Gasteiger partial charge on any atom is 0.200 e. The van der Waals surface area contributed by atoms with Crippen molar-refractivity contribution in [2.24, 2.45) is 0 Å². The molecule has 0 unspecified atom stereocenters. The fraction of sp³-hybridized carbons (Fsp3) is 0.636. The van der Waals surface area contributed by atoms with Crippen LogP contribution in [0.3, 0.4) is 0 Å². The van der Waals surface area contributed by atoms with Crippen molar-refractivity contribution >= 4 is 11.5 Å². The Morgan fingerprint density at radius 1 is 1.33 bits per heavy atom. The maximum absolute atomic E-state index is 5.64. The van der Waals surface area contributed by atoms with Gasteiger partial charge in [0.2, 0.25) is 0 Å². The minimum absolute atomic E-state index is 0.392. The van der Waals surface area contributed by atoms with Crippen LogP contribution in [0.2, 0.25) is 0 Å². The van der Waals surface area contributed by atoms with Gasteiger partial charge in [0.15, 0.2) is 11.5 Å². The summed E-state index contributed by atoms with van der Waals surface area (Å²) in [6.07, 6.45) is 2.48. The fourth-order valence-electron chi connectivity index (χ4n) is 2.30. The van der Waals surface area contributed by atoms with Crippen molar-refractivity contribution in [2.45, 2.75) is 25.9 Å². The first-order valence-electron chi connectivity index (χ1n) is 6.29. The van der Waals surface area contributed by atoms with Crippen molar-refractivity contribution in [3.05, 3.63) is 12.1 Å². The normalized spacial score (nSPS) is 17.5. The molecule has 0 amide bonds. The molecule has 18 heavy (non-hydrogen) atoms. The van der Waals surface area contributed by atoms with Crippen molar-refractivity contribution in [1.29, 1.82) is 0 Å². The van der Waals surface area contributed by atoms with Gasteiger partial charge in [-0.05, 0) is 42.3 Å². The number of ether oxygens (including phenoxy) is 1. The molecule has 0 bridgehead atoms. The summed E-state index contributed by atoms with van der Waals surface area (Å²) in [5.74, 6) is 0.921. The number of fused-ring (bicyclic) bond motifs is 1. The van der Waals surface area contributed by atoms with Gasteiger partial charge in [-0.25, -0.2) is 0 Å². The highest BCUT2D eigenvalue weighted by Gasteiger charge is 2.20. The van der Waals surface area contributed by atoms with Gasteiger partial charge in [-0.1, -0.05) is 0 Å². The van der Waals surface area contributed by atoms with E-state index in [1.165, 1.54) is 4.63 Å². The summed E-state index contributed by atoms with van der Waals surface area (Å²) in [5, 5.41) is 15.6. The summed E-state index contributed by atoms with van der Waals surface area (Å²) in [5.41, 5.74) is 0.669. The molecule has 0 saturated carbocycles. The highest BCUT2D eigenvalue weighted by molar-refractivity contribution is 5.44. The molecule has 0 aliphatic carbocycles. The minimum Gasteiger partial charge on any atom is -0.378 e. The van der Waals surface area contributed by atoms with E-state index in [1.54, 1.807) is 0 Å². The van der Waals surface area contributed by atoms with Gasteiger partial charge in [0.05, 0.1) is 6.10 Å². The third kappa shape index (κ3) is 2.13. The Morgan fingerprint density at radius 2 is 2.17 bits per heavy atom. The average molecular weight is 248 g/mol. The molecule has 3 heterocycles. The molecule has 1 aliphatic rings. The van der Waals surface area contributed by atoms with Crippen LogP contribution in [0.15, 0.2) is 12.1 Å². The van der Waals surface area contributed by atoms with Gasteiger partial charge in [0, 0.05) is 19.7 Å². The molecule has 0 N–H and O–H groups in total. The number of tetrazole rings is 1. The number of anilines is 1. The Labute approximate surface area is 105 Å². The van der Waals surface area contributed by atoms with Gasteiger partial charge >= 0.3 is 0 Å². The lowest BCUT2D eigenvalue weighted by molar-refractivity contribution is 0.0458. The molecule has 3 rings (SSSR count). The second kappa shape index (κ2) is 4.85. The molecule has 0 atom stereocenters. The summed E-state index contributed by atoms with van der Waals surface area (Å²) < 4.78 is 7.10. The van der Waals surface area contributed by atoms with Crippen LogP contribution in [0.25, 0.3) is 5.65 Å². The Bertz CT molecular complexity index is 519. The number of hydrogen-bond acceptors (Lipinski definition) is 6. The molecule has 0 radical (unpaired) electrons. The van der Waals surface area contributed by atoms with E-state index < -0.39 is 0 Å². The molecule has 1 aliphatic heterocycles. The SMILES string of the molecule is CCOC1CCN(c2ccc3nnnn3n2)CC1. The first kappa shape index (κ1) is 11.3. The van der Waals surface area contributed by atoms with E-state index in [9.17, 15) is 0 Å². The molecule has 0 aromatic carbocycles. The Balaban J connectivity index is 1.71. The molecule has 7 nitrogen and oxygen atoms in total.